The van der Waals surface area contributed by atoms with E-state index in [0.717, 1.165) is 5.56 Å². The molecule has 23 heavy (non-hydrogen) atoms. The van der Waals surface area contributed by atoms with Crippen LogP contribution in [0.4, 0.5) is 0 Å². The Balaban J connectivity index is 1.59. The molecule has 0 aliphatic heterocycles. The Hall–Kier alpha value is -2.60. The Bertz CT molecular complexity index is 883. The van der Waals surface area contributed by atoms with Gasteiger partial charge in [0.1, 0.15) is 11.8 Å². The maximum atomic E-state index is 11.8. The molecule has 0 saturated heterocycles. The molecule has 7 heteroatoms. The lowest BCUT2D eigenvalue weighted by Crippen LogP contribution is -2.17. The SMILES string of the molecule is O=C(CCn1c(=O)oc2ccccc21)OCc1ccc(Cl)nc1. The fourth-order valence-corrected chi connectivity index (χ4v) is 2.27. The van der Waals surface area contributed by atoms with Gasteiger partial charge in [-0.25, -0.2) is 9.78 Å². The quantitative estimate of drug-likeness (QED) is 0.530. The van der Waals surface area contributed by atoms with E-state index >= 15 is 0 Å². The number of oxazole rings is 1. The maximum Gasteiger partial charge on any atom is 0.419 e. The molecule has 0 aliphatic carbocycles. The number of hydrogen-bond acceptors (Lipinski definition) is 5. The van der Waals surface area contributed by atoms with E-state index < -0.39 is 11.7 Å². The average Bonchev–Trinajstić information content (AvgIpc) is 2.87. The van der Waals surface area contributed by atoms with Gasteiger partial charge in [0.25, 0.3) is 0 Å². The van der Waals surface area contributed by atoms with Crippen LogP contribution < -0.4 is 5.76 Å². The lowest BCUT2D eigenvalue weighted by molar-refractivity contribution is -0.145. The highest BCUT2D eigenvalue weighted by Crippen LogP contribution is 2.12. The predicted octanol–water partition coefficient (Wildman–Crippen LogP) is 2.78. The van der Waals surface area contributed by atoms with Gasteiger partial charge in [0.2, 0.25) is 0 Å². The van der Waals surface area contributed by atoms with Crippen molar-refractivity contribution < 1.29 is 13.9 Å². The molecule has 6 nitrogen and oxygen atoms in total. The van der Waals surface area contributed by atoms with Crippen LogP contribution in [-0.2, 0) is 22.7 Å². The van der Waals surface area contributed by atoms with Crippen LogP contribution in [0.5, 0.6) is 0 Å². The van der Waals surface area contributed by atoms with E-state index in [1.807, 2.05) is 0 Å². The molecule has 3 rings (SSSR count). The van der Waals surface area contributed by atoms with Crippen molar-refractivity contribution in [3.63, 3.8) is 0 Å². The molecule has 2 heterocycles. The third-order valence-electron chi connectivity index (χ3n) is 3.30. The summed E-state index contributed by atoms with van der Waals surface area (Å²) in [5.74, 6) is -0.891. The van der Waals surface area contributed by atoms with Crippen LogP contribution in [0.2, 0.25) is 5.15 Å². The number of rotatable bonds is 5. The number of aryl methyl sites for hydroxylation is 1. The molecule has 0 amide bonds. The van der Waals surface area contributed by atoms with Gasteiger partial charge < -0.3 is 9.15 Å². The highest BCUT2D eigenvalue weighted by molar-refractivity contribution is 6.29. The second-order valence-corrected chi connectivity index (χ2v) is 5.27. The summed E-state index contributed by atoms with van der Waals surface area (Å²) in [5, 5.41) is 0.381. The number of benzene rings is 1. The minimum atomic E-state index is -0.485. The minimum Gasteiger partial charge on any atom is -0.461 e. The number of nitrogens with zero attached hydrogens (tertiary/aromatic N) is 2. The third kappa shape index (κ3) is 3.60. The first-order valence-electron chi connectivity index (χ1n) is 6.98. The number of carbonyl (C=O) groups is 1. The highest BCUT2D eigenvalue weighted by Gasteiger charge is 2.11. The number of carbonyl (C=O) groups excluding carboxylic acids is 1. The van der Waals surface area contributed by atoms with Gasteiger partial charge in [-0.05, 0) is 18.2 Å². The molecule has 2 aromatic heterocycles. The monoisotopic (exact) mass is 332 g/mol. The number of fused-ring (bicyclic) bond motifs is 1. The molecule has 0 fully saturated rings. The van der Waals surface area contributed by atoms with Crippen LogP contribution in [0.1, 0.15) is 12.0 Å². The molecule has 0 unspecified atom stereocenters. The summed E-state index contributed by atoms with van der Waals surface area (Å²) in [5.41, 5.74) is 1.90. The first kappa shape index (κ1) is 15.3. The highest BCUT2D eigenvalue weighted by atomic mass is 35.5. The molecule has 3 aromatic rings. The van der Waals surface area contributed by atoms with E-state index in [0.29, 0.717) is 16.3 Å². The zero-order chi connectivity index (χ0) is 16.2. The summed E-state index contributed by atoms with van der Waals surface area (Å²) < 4.78 is 11.7. The fraction of sp³-hybridized carbons (Fsp3) is 0.188. The number of para-hydroxylation sites is 2. The summed E-state index contributed by atoms with van der Waals surface area (Å²) in [6, 6.07) is 10.4. The van der Waals surface area contributed by atoms with E-state index in [1.54, 1.807) is 42.6 Å². The van der Waals surface area contributed by atoms with Crippen LogP contribution in [0.15, 0.2) is 51.8 Å². The van der Waals surface area contributed by atoms with Crippen molar-refractivity contribution in [2.45, 2.75) is 19.6 Å². The normalized spacial score (nSPS) is 10.8. The van der Waals surface area contributed by atoms with Crippen molar-refractivity contribution in [2.75, 3.05) is 0 Å². The molecule has 0 N–H and O–H groups in total. The van der Waals surface area contributed by atoms with E-state index in [4.69, 9.17) is 20.8 Å². The topological polar surface area (TPSA) is 74.3 Å². The minimum absolute atomic E-state index is 0.0739. The average molecular weight is 333 g/mol. The van der Waals surface area contributed by atoms with E-state index in [-0.39, 0.29) is 19.6 Å². The number of pyridine rings is 1. The zero-order valence-corrected chi connectivity index (χ0v) is 12.8. The third-order valence-corrected chi connectivity index (χ3v) is 3.53. The molecular formula is C16H13ClN2O4. The van der Waals surface area contributed by atoms with Gasteiger partial charge >= 0.3 is 11.7 Å². The lowest BCUT2D eigenvalue weighted by Gasteiger charge is -2.05. The number of ether oxygens (including phenoxy) is 1. The number of aromatic nitrogens is 2. The van der Waals surface area contributed by atoms with E-state index in [2.05, 4.69) is 4.98 Å². The molecular weight excluding hydrogens is 320 g/mol. The van der Waals surface area contributed by atoms with E-state index in [1.165, 1.54) is 4.57 Å². The molecule has 0 atom stereocenters. The molecule has 0 saturated carbocycles. The van der Waals surface area contributed by atoms with Crippen molar-refractivity contribution in [2.24, 2.45) is 0 Å². The van der Waals surface area contributed by atoms with Crippen LogP contribution >= 0.6 is 11.6 Å². The summed E-state index contributed by atoms with van der Waals surface area (Å²) in [6.07, 6.45) is 1.62. The number of esters is 1. The standard InChI is InChI=1S/C16H13ClN2O4/c17-14-6-5-11(9-18-14)10-22-15(20)7-8-19-12-3-1-2-4-13(12)23-16(19)21/h1-6,9H,7-8,10H2. The number of hydrogen-bond donors (Lipinski definition) is 0. The smallest absolute Gasteiger partial charge is 0.419 e. The van der Waals surface area contributed by atoms with Gasteiger partial charge in [0.05, 0.1) is 11.9 Å². The summed E-state index contributed by atoms with van der Waals surface area (Å²) in [6.45, 7) is 0.317. The van der Waals surface area contributed by atoms with Crippen molar-refractivity contribution in [3.8, 4) is 0 Å². The Morgan fingerprint density at radius 1 is 1.26 bits per heavy atom. The maximum absolute atomic E-state index is 11.8. The summed E-state index contributed by atoms with van der Waals surface area (Å²) in [7, 11) is 0. The molecule has 118 valence electrons. The van der Waals surface area contributed by atoms with Gasteiger partial charge in [-0.3, -0.25) is 9.36 Å². The number of halogens is 1. The Kier molecular flexibility index (Phi) is 4.43. The zero-order valence-electron chi connectivity index (χ0n) is 12.1. The molecule has 1 aromatic carbocycles. The second-order valence-electron chi connectivity index (χ2n) is 4.89. The van der Waals surface area contributed by atoms with Crippen molar-refractivity contribution in [1.82, 2.24) is 9.55 Å². The Morgan fingerprint density at radius 3 is 2.87 bits per heavy atom. The van der Waals surface area contributed by atoms with Gasteiger partial charge in [-0.15, -0.1) is 0 Å². The fourth-order valence-electron chi connectivity index (χ4n) is 2.16. The second kappa shape index (κ2) is 6.66. The largest absolute Gasteiger partial charge is 0.461 e. The van der Waals surface area contributed by atoms with E-state index in [9.17, 15) is 9.59 Å². The summed E-state index contributed by atoms with van der Waals surface area (Å²) >= 11 is 5.68. The predicted molar refractivity (Wildman–Crippen MR) is 84.1 cm³/mol. The van der Waals surface area contributed by atoms with Crippen LogP contribution in [0.25, 0.3) is 11.1 Å². The summed E-state index contributed by atoms with van der Waals surface area (Å²) in [4.78, 5) is 27.5. The van der Waals surface area contributed by atoms with Gasteiger partial charge in [-0.1, -0.05) is 29.8 Å². The van der Waals surface area contributed by atoms with Crippen LogP contribution in [-0.4, -0.2) is 15.5 Å². The Labute approximate surface area is 136 Å². The first-order chi connectivity index (χ1) is 11.1. The molecule has 0 spiro atoms. The Morgan fingerprint density at radius 2 is 2.09 bits per heavy atom. The van der Waals surface area contributed by atoms with Gasteiger partial charge in [0, 0.05) is 18.3 Å². The van der Waals surface area contributed by atoms with Crippen molar-refractivity contribution in [1.29, 1.82) is 0 Å². The lowest BCUT2D eigenvalue weighted by atomic mass is 10.3. The van der Waals surface area contributed by atoms with Gasteiger partial charge in [-0.2, -0.15) is 0 Å². The van der Waals surface area contributed by atoms with Crippen molar-refractivity contribution >= 4 is 28.7 Å². The van der Waals surface area contributed by atoms with Crippen LogP contribution in [0, 0.1) is 0 Å². The molecule has 0 bridgehead atoms. The molecule has 0 aliphatic rings. The van der Waals surface area contributed by atoms with Crippen LogP contribution in [0.3, 0.4) is 0 Å². The van der Waals surface area contributed by atoms with Gasteiger partial charge in [0.15, 0.2) is 5.58 Å². The van der Waals surface area contributed by atoms with Crippen molar-refractivity contribution in [3.05, 3.63) is 63.9 Å². The molecule has 0 radical (unpaired) electrons. The first-order valence-corrected chi connectivity index (χ1v) is 7.36.